The molecule has 0 spiro atoms. The molecular formula is C26H24N2O6. The van der Waals surface area contributed by atoms with Crippen LogP contribution in [0.3, 0.4) is 0 Å². The number of benzene rings is 2. The number of ether oxygens (including phenoxy) is 4. The quantitative estimate of drug-likeness (QED) is 0.379. The Kier molecular flexibility index (Phi) is 6.40. The van der Waals surface area contributed by atoms with E-state index in [-0.39, 0.29) is 0 Å². The molecule has 0 bridgehead atoms. The van der Waals surface area contributed by atoms with Crippen molar-refractivity contribution >= 4 is 11.9 Å². The van der Waals surface area contributed by atoms with Gasteiger partial charge < -0.3 is 28.9 Å². The number of aromatic amines is 2. The van der Waals surface area contributed by atoms with Gasteiger partial charge in [-0.25, -0.2) is 9.59 Å². The van der Waals surface area contributed by atoms with Gasteiger partial charge in [0.15, 0.2) is 0 Å². The van der Waals surface area contributed by atoms with Gasteiger partial charge in [-0.15, -0.1) is 0 Å². The number of hydrogen-bond acceptors (Lipinski definition) is 6. The van der Waals surface area contributed by atoms with Crippen LogP contribution in [-0.2, 0) is 9.47 Å². The average Bonchev–Trinajstić information content (AvgIpc) is 3.52. The van der Waals surface area contributed by atoms with Gasteiger partial charge >= 0.3 is 11.9 Å². The van der Waals surface area contributed by atoms with E-state index in [0.29, 0.717) is 45.1 Å². The van der Waals surface area contributed by atoms with E-state index in [9.17, 15) is 9.59 Å². The summed E-state index contributed by atoms with van der Waals surface area (Å²) in [5.41, 5.74) is 4.23. The molecule has 2 N–H and O–H groups in total. The molecule has 34 heavy (non-hydrogen) atoms. The second-order valence-electron chi connectivity index (χ2n) is 7.34. The lowest BCUT2D eigenvalue weighted by Gasteiger charge is -2.09. The van der Waals surface area contributed by atoms with Crippen LogP contribution in [0.15, 0.2) is 60.9 Å². The molecule has 174 valence electrons. The maximum absolute atomic E-state index is 12.9. The lowest BCUT2D eigenvalue weighted by Crippen LogP contribution is -2.07. The Morgan fingerprint density at radius 3 is 1.24 bits per heavy atom. The van der Waals surface area contributed by atoms with Gasteiger partial charge in [0.1, 0.15) is 11.5 Å². The van der Waals surface area contributed by atoms with Crippen molar-refractivity contribution in [1.29, 1.82) is 0 Å². The first-order valence-electron chi connectivity index (χ1n) is 10.4. The van der Waals surface area contributed by atoms with Crippen molar-refractivity contribution in [3.05, 3.63) is 72.1 Å². The van der Waals surface area contributed by atoms with Gasteiger partial charge in [0.05, 0.1) is 51.0 Å². The van der Waals surface area contributed by atoms with E-state index in [1.54, 1.807) is 50.9 Å². The van der Waals surface area contributed by atoms with Crippen molar-refractivity contribution in [3.63, 3.8) is 0 Å². The van der Waals surface area contributed by atoms with Gasteiger partial charge in [0.2, 0.25) is 0 Å². The van der Waals surface area contributed by atoms with Crippen LogP contribution in [0, 0.1) is 0 Å². The molecule has 0 amide bonds. The fourth-order valence-corrected chi connectivity index (χ4v) is 3.87. The predicted octanol–water partition coefficient (Wildman–Crippen LogP) is 4.93. The van der Waals surface area contributed by atoms with Crippen molar-refractivity contribution in [2.45, 2.75) is 0 Å². The largest absolute Gasteiger partial charge is 0.497 e. The molecule has 0 aliphatic carbocycles. The maximum Gasteiger partial charge on any atom is 0.340 e. The van der Waals surface area contributed by atoms with E-state index >= 15 is 0 Å². The summed E-state index contributed by atoms with van der Waals surface area (Å²) >= 11 is 0. The van der Waals surface area contributed by atoms with E-state index in [1.165, 1.54) is 14.2 Å². The van der Waals surface area contributed by atoms with Crippen molar-refractivity contribution in [2.24, 2.45) is 0 Å². The van der Waals surface area contributed by atoms with Crippen LogP contribution >= 0.6 is 0 Å². The Morgan fingerprint density at radius 2 is 0.941 bits per heavy atom. The molecule has 2 heterocycles. The first-order valence-corrected chi connectivity index (χ1v) is 10.4. The SMILES string of the molecule is COC(=O)c1c(-c2ccc(OC)cc2)c[nH]c1-c1[nH]cc(-c2ccc(OC)cc2)c1C(=O)OC. The van der Waals surface area contributed by atoms with Gasteiger partial charge in [-0.2, -0.15) is 0 Å². The van der Waals surface area contributed by atoms with Crippen LogP contribution < -0.4 is 9.47 Å². The molecule has 0 aliphatic rings. The van der Waals surface area contributed by atoms with E-state index in [4.69, 9.17) is 18.9 Å². The highest BCUT2D eigenvalue weighted by molar-refractivity contribution is 6.08. The Balaban J connectivity index is 1.89. The number of esters is 2. The first kappa shape index (κ1) is 22.7. The van der Waals surface area contributed by atoms with Gasteiger partial charge in [-0.05, 0) is 35.4 Å². The Bertz CT molecular complexity index is 1210. The Morgan fingerprint density at radius 1 is 0.588 bits per heavy atom. The van der Waals surface area contributed by atoms with E-state index < -0.39 is 11.9 Å². The molecule has 0 saturated heterocycles. The molecule has 0 fully saturated rings. The van der Waals surface area contributed by atoms with E-state index in [1.807, 2.05) is 24.3 Å². The summed E-state index contributed by atoms with van der Waals surface area (Å²) in [5.74, 6) is 0.304. The summed E-state index contributed by atoms with van der Waals surface area (Å²) in [7, 11) is 5.80. The third-order valence-electron chi connectivity index (χ3n) is 5.59. The van der Waals surface area contributed by atoms with Gasteiger partial charge in [-0.1, -0.05) is 24.3 Å². The summed E-state index contributed by atoms with van der Waals surface area (Å²) < 4.78 is 20.6. The summed E-state index contributed by atoms with van der Waals surface area (Å²) in [6.45, 7) is 0. The van der Waals surface area contributed by atoms with E-state index in [2.05, 4.69) is 9.97 Å². The maximum atomic E-state index is 12.9. The van der Waals surface area contributed by atoms with Crippen molar-refractivity contribution in [2.75, 3.05) is 28.4 Å². The number of aromatic nitrogens is 2. The Labute approximate surface area is 196 Å². The third kappa shape index (κ3) is 4.01. The predicted molar refractivity (Wildman–Crippen MR) is 127 cm³/mol. The van der Waals surface area contributed by atoms with Crippen molar-refractivity contribution < 1.29 is 28.5 Å². The number of hydrogen-bond donors (Lipinski definition) is 2. The lowest BCUT2D eigenvalue weighted by atomic mass is 9.98. The topological polar surface area (TPSA) is 103 Å². The second kappa shape index (κ2) is 9.58. The standard InChI is InChI=1S/C26H24N2O6/c1-31-17-9-5-15(6-10-17)19-13-27-23(21(19)25(29)33-3)24-22(26(30)34-4)20(14-28-24)16-7-11-18(32-2)12-8-16/h5-14,27-28H,1-4H3. The highest BCUT2D eigenvalue weighted by Crippen LogP contribution is 2.38. The number of nitrogens with one attached hydrogen (secondary N) is 2. The molecule has 4 rings (SSSR count). The molecule has 8 nitrogen and oxygen atoms in total. The minimum atomic E-state index is -0.543. The minimum absolute atomic E-state index is 0.293. The molecule has 2 aromatic carbocycles. The molecule has 2 aromatic heterocycles. The highest BCUT2D eigenvalue weighted by Gasteiger charge is 2.28. The number of rotatable bonds is 7. The number of methoxy groups -OCH3 is 4. The summed E-state index contributed by atoms with van der Waals surface area (Å²) in [6, 6.07) is 14.6. The van der Waals surface area contributed by atoms with Crippen LogP contribution in [-0.4, -0.2) is 50.3 Å². The fourth-order valence-electron chi connectivity index (χ4n) is 3.87. The number of H-pyrrole nitrogens is 2. The lowest BCUT2D eigenvalue weighted by molar-refractivity contribution is 0.0591. The zero-order valence-electron chi connectivity index (χ0n) is 19.2. The van der Waals surface area contributed by atoms with Crippen LogP contribution in [0.25, 0.3) is 33.6 Å². The first-order chi connectivity index (χ1) is 16.5. The molecule has 0 atom stereocenters. The normalized spacial score (nSPS) is 10.6. The number of carbonyl (C=O) groups is 2. The molecule has 0 radical (unpaired) electrons. The van der Waals surface area contributed by atoms with Crippen molar-refractivity contribution in [1.82, 2.24) is 9.97 Å². The zero-order valence-corrected chi connectivity index (χ0v) is 19.2. The molecule has 0 aliphatic heterocycles. The minimum Gasteiger partial charge on any atom is -0.497 e. The van der Waals surface area contributed by atoms with Gasteiger partial charge in [-0.3, -0.25) is 0 Å². The summed E-state index contributed by atoms with van der Waals surface area (Å²) in [5, 5.41) is 0. The van der Waals surface area contributed by atoms with E-state index in [0.717, 1.165) is 11.1 Å². The summed E-state index contributed by atoms with van der Waals surface area (Å²) in [6.07, 6.45) is 3.41. The monoisotopic (exact) mass is 460 g/mol. The van der Waals surface area contributed by atoms with Crippen LogP contribution in [0.2, 0.25) is 0 Å². The average molecular weight is 460 g/mol. The zero-order chi connectivity index (χ0) is 24.2. The highest BCUT2D eigenvalue weighted by atomic mass is 16.5. The van der Waals surface area contributed by atoms with Gasteiger partial charge in [0, 0.05) is 23.5 Å². The van der Waals surface area contributed by atoms with Crippen LogP contribution in [0.5, 0.6) is 11.5 Å². The van der Waals surface area contributed by atoms with Crippen LogP contribution in [0.4, 0.5) is 0 Å². The van der Waals surface area contributed by atoms with Crippen LogP contribution in [0.1, 0.15) is 20.7 Å². The summed E-state index contributed by atoms with van der Waals surface area (Å²) in [4.78, 5) is 32.0. The molecule has 0 unspecified atom stereocenters. The third-order valence-corrected chi connectivity index (χ3v) is 5.59. The molecular weight excluding hydrogens is 436 g/mol. The molecule has 8 heteroatoms. The molecule has 4 aromatic rings. The smallest absolute Gasteiger partial charge is 0.340 e. The fraction of sp³-hybridized carbons (Fsp3) is 0.154. The van der Waals surface area contributed by atoms with Gasteiger partial charge in [0.25, 0.3) is 0 Å². The van der Waals surface area contributed by atoms with Crippen molar-refractivity contribution in [3.8, 4) is 45.1 Å². The Hall–Kier alpha value is -4.46. The second-order valence-corrected chi connectivity index (χ2v) is 7.34. The molecule has 0 saturated carbocycles. The number of carbonyl (C=O) groups excluding carboxylic acids is 2.